The summed E-state index contributed by atoms with van der Waals surface area (Å²) in [5.74, 6) is -2.69. The van der Waals surface area contributed by atoms with Gasteiger partial charge in [-0.1, -0.05) is 30.1 Å². The average molecular weight is 261 g/mol. The zero-order valence-electron chi connectivity index (χ0n) is 8.54. The molecule has 0 heterocycles. The molecule has 86 valence electrons. The highest BCUT2D eigenvalue weighted by molar-refractivity contribution is 6.37. The Morgan fingerprint density at radius 3 is 2.44 bits per heavy atom. The highest BCUT2D eigenvalue weighted by atomic mass is 35.5. The van der Waals surface area contributed by atoms with E-state index in [-0.39, 0.29) is 17.0 Å². The lowest BCUT2D eigenvalue weighted by Crippen LogP contribution is -2.23. The molecule has 0 spiro atoms. The summed E-state index contributed by atoms with van der Waals surface area (Å²) in [6.07, 6.45) is 0.229. The van der Waals surface area contributed by atoms with Gasteiger partial charge in [0.25, 0.3) is 0 Å². The third-order valence-electron chi connectivity index (χ3n) is 2.22. The predicted octanol–water partition coefficient (Wildman–Crippen LogP) is 3.29. The van der Waals surface area contributed by atoms with Crippen LogP contribution in [0.1, 0.15) is 23.7 Å². The molecule has 5 heteroatoms. The van der Waals surface area contributed by atoms with Gasteiger partial charge in [-0.15, -0.1) is 0 Å². The molecule has 1 unspecified atom stereocenters. The largest absolute Gasteiger partial charge is 0.481 e. The van der Waals surface area contributed by atoms with Crippen molar-refractivity contribution in [3.63, 3.8) is 0 Å². The van der Waals surface area contributed by atoms with Crippen molar-refractivity contribution >= 4 is 35.0 Å². The summed E-state index contributed by atoms with van der Waals surface area (Å²) in [7, 11) is 0. The van der Waals surface area contributed by atoms with E-state index < -0.39 is 17.7 Å². The van der Waals surface area contributed by atoms with E-state index in [1.807, 2.05) is 0 Å². The van der Waals surface area contributed by atoms with Gasteiger partial charge in [0.15, 0.2) is 5.78 Å². The average Bonchev–Trinajstić information content (AvgIpc) is 2.17. The standard InChI is InChI=1S/C11H10Cl2O3/c1-2-7(11(15)16)10(14)8-4-3-6(12)5-9(8)13/h3-5,7H,2H2,1H3,(H,15,16). The number of aliphatic carboxylic acids is 1. The fourth-order valence-corrected chi connectivity index (χ4v) is 1.85. The second-order valence-corrected chi connectivity index (χ2v) is 4.13. The number of ketones is 1. The summed E-state index contributed by atoms with van der Waals surface area (Å²) in [5, 5.41) is 9.45. The van der Waals surface area contributed by atoms with Crippen LogP contribution in [0.3, 0.4) is 0 Å². The molecular formula is C11H10Cl2O3. The lowest BCUT2D eigenvalue weighted by Gasteiger charge is -2.09. The van der Waals surface area contributed by atoms with Crippen LogP contribution in [-0.4, -0.2) is 16.9 Å². The predicted molar refractivity (Wildman–Crippen MR) is 62.2 cm³/mol. The first-order valence-corrected chi connectivity index (χ1v) is 5.45. The molecule has 0 bridgehead atoms. The zero-order valence-corrected chi connectivity index (χ0v) is 10.0. The van der Waals surface area contributed by atoms with Crippen LogP contribution in [0, 0.1) is 5.92 Å². The highest BCUT2D eigenvalue weighted by Crippen LogP contribution is 2.24. The third kappa shape index (κ3) is 2.74. The highest BCUT2D eigenvalue weighted by Gasteiger charge is 2.26. The third-order valence-corrected chi connectivity index (χ3v) is 2.77. The Balaban J connectivity index is 3.09. The van der Waals surface area contributed by atoms with Gasteiger partial charge in [-0.3, -0.25) is 9.59 Å². The number of carboxylic acid groups (broad SMARTS) is 1. The van der Waals surface area contributed by atoms with Crippen LogP contribution in [0.5, 0.6) is 0 Å². The fraction of sp³-hybridized carbons (Fsp3) is 0.273. The summed E-state index contributed by atoms with van der Waals surface area (Å²) in [4.78, 5) is 22.7. The minimum atomic E-state index is -1.14. The molecular weight excluding hydrogens is 251 g/mol. The number of benzene rings is 1. The monoisotopic (exact) mass is 260 g/mol. The van der Waals surface area contributed by atoms with Crippen molar-refractivity contribution in [2.75, 3.05) is 0 Å². The van der Waals surface area contributed by atoms with Gasteiger partial charge in [-0.05, 0) is 24.6 Å². The minimum absolute atomic E-state index is 0.178. The second kappa shape index (κ2) is 5.32. The maximum absolute atomic E-state index is 11.8. The lowest BCUT2D eigenvalue weighted by molar-refractivity contribution is -0.140. The Hall–Kier alpha value is -1.06. The van der Waals surface area contributed by atoms with E-state index in [4.69, 9.17) is 28.3 Å². The molecule has 1 aromatic rings. The van der Waals surface area contributed by atoms with E-state index in [0.29, 0.717) is 5.02 Å². The van der Waals surface area contributed by atoms with Crippen LogP contribution in [0.25, 0.3) is 0 Å². The van der Waals surface area contributed by atoms with Crippen LogP contribution in [0.4, 0.5) is 0 Å². The molecule has 0 aliphatic heterocycles. The maximum atomic E-state index is 11.8. The number of hydrogen-bond donors (Lipinski definition) is 1. The SMILES string of the molecule is CCC(C(=O)O)C(=O)c1ccc(Cl)cc1Cl. The Morgan fingerprint density at radius 1 is 1.38 bits per heavy atom. The van der Waals surface area contributed by atoms with Gasteiger partial charge in [0.1, 0.15) is 5.92 Å². The van der Waals surface area contributed by atoms with Crippen LogP contribution in [-0.2, 0) is 4.79 Å². The zero-order chi connectivity index (χ0) is 12.3. The Morgan fingerprint density at radius 2 is 2.00 bits per heavy atom. The molecule has 1 rings (SSSR count). The molecule has 0 saturated carbocycles. The van der Waals surface area contributed by atoms with Crippen molar-refractivity contribution in [1.29, 1.82) is 0 Å². The van der Waals surface area contributed by atoms with Crippen LogP contribution >= 0.6 is 23.2 Å². The molecule has 0 fully saturated rings. The van der Waals surface area contributed by atoms with Gasteiger partial charge < -0.3 is 5.11 Å². The van der Waals surface area contributed by atoms with Gasteiger partial charge in [0, 0.05) is 10.6 Å². The quantitative estimate of drug-likeness (QED) is 0.668. The summed E-state index contributed by atoms with van der Waals surface area (Å²) < 4.78 is 0. The number of rotatable bonds is 4. The first-order chi connectivity index (χ1) is 7.47. The molecule has 0 aliphatic carbocycles. The first kappa shape index (κ1) is 13.0. The Labute approximate surface area is 103 Å². The lowest BCUT2D eigenvalue weighted by atomic mass is 9.95. The van der Waals surface area contributed by atoms with Gasteiger partial charge in [-0.2, -0.15) is 0 Å². The number of halogens is 2. The van der Waals surface area contributed by atoms with Crippen LogP contribution < -0.4 is 0 Å². The van der Waals surface area contributed by atoms with E-state index in [0.717, 1.165) is 0 Å². The van der Waals surface area contributed by atoms with E-state index in [9.17, 15) is 9.59 Å². The van der Waals surface area contributed by atoms with Crippen molar-refractivity contribution in [2.45, 2.75) is 13.3 Å². The number of hydrogen-bond acceptors (Lipinski definition) is 2. The number of Topliss-reactive ketones (excluding diaryl/α,β-unsaturated/α-hetero) is 1. The molecule has 0 aliphatic rings. The topological polar surface area (TPSA) is 54.4 Å². The van der Waals surface area contributed by atoms with Crippen molar-refractivity contribution < 1.29 is 14.7 Å². The van der Waals surface area contributed by atoms with Gasteiger partial charge in [0.2, 0.25) is 0 Å². The van der Waals surface area contributed by atoms with Gasteiger partial charge in [0.05, 0.1) is 5.02 Å². The molecule has 0 saturated heterocycles. The molecule has 1 aromatic carbocycles. The summed E-state index contributed by atoms with van der Waals surface area (Å²) in [6.45, 7) is 1.64. The van der Waals surface area contributed by atoms with Crippen molar-refractivity contribution in [2.24, 2.45) is 5.92 Å². The van der Waals surface area contributed by atoms with E-state index in [2.05, 4.69) is 0 Å². The smallest absolute Gasteiger partial charge is 0.314 e. The van der Waals surface area contributed by atoms with Crippen LogP contribution in [0.2, 0.25) is 10.0 Å². The van der Waals surface area contributed by atoms with Crippen LogP contribution in [0.15, 0.2) is 18.2 Å². The van der Waals surface area contributed by atoms with Crippen molar-refractivity contribution in [1.82, 2.24) is 0 Å². The number of carboxylic acids is 1. The molecule has 0 aromatic heterocycles. The maximum Gasteiger partial charge on any atom is 0.314 e. The van der Waals surface area contributed by atoms with Crippen molar-refractivity contribution in [3.05, 3.63) is 33.8 Å². The molecule has 1 atom stereocenters. The molecule has 16 heavy (non-hydrogen) atoms. The van der Waals surface area contributed by atoms with Gasteiger partial charge >= 0.3 is 5.97 Å². The van der Waals surface area contributed by atoms with E-state index >= 15 is 0 Å². The van der Waals surface area contributed by atoms with Gasteiger partial charge in [-0.25, -0.2) is 0 Å². The summed E-state index contributed by atoms with van der Waals surface area (Å²) >= 11 is 11.5. The fourth-order valence-electron chi connectivity index (χ4n) is 1.35. The summed E-state index contributed by atoms with van der Waals surface area (Å²) in [6, 6.07) is 4.37. The molecule has 0 amide bonds. The number of carbonyl (C=O) groups is 2. The molecule has 0 radical (unpaired) electrons. The van der Waals surface area contributed by atoms with E-state index in [1.165, 1.54) is 18.2 Å². The Bertz CT molecular complexity index is 429. The first-order valence-electron chi connectivity index (χ1n) is 4.69. The normalized spacial score (nSPS) is 12.2. The number of carbonyl (C=O) groups excluding carboxylic acids is 1. The second-order valence-electron chi connectivity index (χ2n) is 3.29. The summed E-state index contributed by atoms with van der Waals surface area (Å²) in [5.41, 5.74) is 0.195. The molecule has 1 N–H and O–H groups in total. The van der Waals surface area contributed by atoms with Crippen molar-refractivity contribution in [3.8, 4) is 0 Å². The minimum Gasteiger partial charge on any atom is -0.481 e. The Kier molecular flexibility index (Phi) is 4.33. The van der Waals surface area contributed by atoms with E-state index in [1.54, 1.807) is 6.92 Å². The molecule has 3 nitrogen and oxygen atoms in total.